The van der Waals surface area contributed by atoms with E-state index >= 15 is 0 Å². The zero-order valence-corrected chi connectivity index (χ0v) is 12.1. The van der Waals surface area contributed by atoms with Crippen molar-refractivity contribution in [3.8, 4) is 0 Å². The molecule has 0 aromatic carbocycles. The number of piperidine rings is 1. The molecule has 1 saturated heterocycles. The van der Waals surface area contributed by atoms with E-state index in [1.165, 1.54) is 0 Å². The number of hydrogen-bond donors (Lipinski definition) is 2. The molecule has 0 spiro atoms. The molecule has 0 saturated carbocycles. The number of nitrogens with zero attached hydrogens (tertiary/aromatic N) is 1. The summed E-state index contributed by atoms with van der Waals surface area (Å²) in [6, 6.07) is 3.80. The van der Waals surface area contributed by atoms with Gasteiger partial charge in [0.15, 0.2) is 0 Å². The number of carbonyl (C=O) groups excluding carboxylic acids is 1. The van der Waals surface area contributed by atoms with Crippen molar-refractivity contribution < 1.29 is 19.1 Å². The van der Waals surface area contributed by atoms with Gasteiger partial charge in [-0.15, -0.1) is 0 Å². The van der Waals surface area contributed by atoms with E-state index in [4.69, 9.17) is 9.52 Å². The maximum atomic E-state index is 12.0. The number of rotatable bonds is 7. The van der Waals surface area contributed by atoms with Gasteiger partial charge in [-0.2, -0.15) is 0 Å². The number of hydrogen-bond acceptors (Lipinski definition) is 4. The third kappa shape index (κ3) is 5.23. The first-order valence-electron chi connectivity index (χ1n) is 7.40. The van der Waals surface area contributed by atoms with Crippen molar-refractivity contribution in [2.45, 2.75) is 44.7 Å². The number of carbonyl (C=O) groups is 2. The molecule has 2 rings (SSSR count). The second-order valence-electron chi connectivity index (χ2n) is 5.41. The molecule has 2 N–H and O–H groups in total. The molecule has 1 atom stereocenters. The molecule has 0 radical (unpaired) electrons. The molecule has 1 unspecified atom stereocenters. The molecule has 0 bridgehead atoms. The van der Waals surface area contributed by atoms with Gasteiger partial charge in [0, 0.05) is 12.5 Å². The first-order chi connectivity index (χ1) is 10.1. The van der Waals surface area contributed by atoms with Gasteiger partial charge in [0.05, 0.1) is 19.4 Å². The molecule has 1 aromatic heterocycles. The van der Waals surface area contributed by atoms with Crippen molar-refractivity contribution in [3.05, 3.63) is 24.2 Å². The quantitative estimate of drug-likeness (QED) is 0.798. The lowest BCUT2D eigenvalue weighted by atomic mass is 9.98. The minimum absolute atomic E-state index is 0.0476. The van der Waals surface area contributed by atoms with E-state index in [1.54, 1.807) is 12.3 Å². The highest BCUT2D eigenvalue weighted by Gasteiger charge is 2.24. The van der Waals surface area contributed by atoms with E-state index in [0.717, 1.165) is 31.6 Å². The molecule has 1 aliphatic rings. The van der Waals surface area contributed by atoms with Crippen LogP contribution in [0.3, 0.4) is 0 Å². The Labute approximate surface area is 124 Å². The van der Waals surface area contributed by atoms with Gasteiger partial charge >= 0.3 is 5.97 Å². The SMILES string of the molecule is O=C(O)CCC1CCCCN1CC(=O)NCc1ccco1. The zero-order chi connectivity index (χ0) is 15.1. The highest BCUT2D eigenvalue weighted by atomic mass is 16.4. The van der Waals surface area contributed by atoms with E-state index in [-0.39, 0.29) is 18.4 Å². The Kier molecular flexibility index (Phi) is 5.80. The number of furan rings is 1. The second kappa shape index (κ2) is 7.83. The molecule has 6 nitrogen and oxygen atoms in total. The van der Waals surface area contributed by atoms with Gasteiger partial charge in [-0.25, -0.2) is 0 Å². The predicted octanol–water partition coefficient (Wildman–Crippen LogP) is 1.62. The van der Waals surface area contributed by atoms with Gasteiger partial charge in [0.2, 0.25) is 5.91 Å². The van der Waals surface area contributed by atoms with Crippen molar-refractivity contribution >= 4 is 11.9 Å². The maximum Gasteiger partial charge on any atom is 0.303 e. The van der Waals surface area contributed by atoms with Crippen molar-refractivity contribution in [3.63, 3.8) is 0 Å². The fourth-order valence-electron chi connectivity index (χ4n) is 2.72. The molecule has 116 valence electrons. The minimum Gasteiger partial charge on any atom is -0.481 e. The lowest BCUT2D eigenvalue weighted by Gasteiger charge is -2.35. The number of nitrogens with one attached hydrogen (secondary N) is 1. The topological polar surface area (TPSA) is 82.8 Å². The summed E-state index contributed by atoms with van der Waals surface area (Å²) in [4.78, 5) is 24.8. The number of carboxylic acids is 1. The average molecular weight is 294 g/mol. The summed E-state index contributed by atoms with van der Waals surface area (Å²) in [5.74, 6) is -0.0964. The average Bonchev–Trinajstić information content (AvgIpc) is 2.97. The first kappa shape index (κ1) is 15.6. The molecule has 1 amide bonds. The summed E-state index contributed by atoms with van der Waals surface area (Å²) in [6.45, 7) is 1.57. The molecular formula is C15H22N2O4. The predicted molar refractivity (Wildman–Crippen MR) is 76.6 cm³/mol. The standard InChI is InChI=1S/C15H22N2O4/c18-14(16-10-13-5-3-9-21-13)11-17-8-2-1-4-12(17)6-7-15(19)20/h3,5,9,12H,1-2,4,6-8,10-11H2,(H,16,18)(H,19,20). The van der Waals surface area contributed by atoms with Crippen LogP contribution < -0.4 is 5.32 Å². The molecule has 1 aromatic rings. The van der Waals surface area contributed by atoms with E-state index in [2.05, 4.69) is 10.2 Å². The highest BCUT2D eigenvalue weighted by molar-refractivity contribution is 5.78. The summed E-state index contributed by atoms with van der Waals surface area (Å²) in [5, 5.41) is 11.6. The van der Waals surface area contributed by atoms with Crippen LogP contribution in [-0.4, -0.2) is 41.0 Å². The monoisotopic (exact) mass is 294 g/mol. The summed E-state index contributed by atoms with van der Waals surface area (Å²) >= 11 is 0. The third-order valence-electron chi connectivity index (χ3n) is 3.83. The zero-order valence-electron chi connectivity index (χ0n) is 12.1. The highest BCUT2D eigenvalue weighted by Crippen LogP contribution is 2.20. The number of likely N-dealkylation sites (tertiary alicyclic amines) is 1. The van der Waals surface area contributed by atoms with Crippen LogP contribution in [0.4, 0.5) is 0 Å². The fraction of sp³-hybridized carbons (Fsp3) is 0.600. The first-order valence-corrected chi connectivity index (χ1v) is 7.40. The maximum absolute atomic E-state index is 12.0. The van der Waals surface area contributed by atoms with E-state index < -0.39 is 5.97 Å². The van der Waals surface area contributed by atoms with Crippen LogP contribution in [0.1, 0.15) is 37.9 Å². The van der Waals surface area contributed by atoms with Crippen LogP contribution in [-0.2, 0) is 16.1 Å². The second-order valence-corrected chi connectivity index (χ2v) is 5.41. The van der Waals surface area contributed by atoms with Gasteiger partial charge in [0.25, 0.3) is 0 Å². The molecule has 6 heteroatoms. The van der Waals surface area contributed by atoms with Crippen molar-refractivity contribution in [2.75, 3.05) is 13.1 Å². The molecular weight excluding hydrogens is 272 g/mol. The smallest absolute Gasteiger partial charge is 0.303 e. The Bertz CT molecular complexity index is 458. The van der Waals surface area contributed by atoms with Crippen LogP contribution in [0.25, 0.3) is 0 Å². The lowest BCUT2D eigenvalue weighted by molar-refractivity contribution is -0.137. The van der Waals surface area contributed by atoms with Crippen LogP contribution in [0.2, 0.25) is 0 Å². The Balaban J connectivity index is 1.77. The Morgan fingerprint density at radius 2 is 2.29 bits per heavy atom. The van der Waals surface area contributed by atoms with Crippen LogP contribution in [0, 0.1) is 0 Å². The van der Waals surface area contributed by atoms with Crippen molar-refractivity contribution in [1.82, 2.24) is 10.2 Å². The summed E-state index contributed by atoms with van der Waals surface area (Å²) in [6.07, 6.45) is 5.49. The molecule has 21 heavy (non-hydrogen) atoms. The summed E-state index contributed by atoms with van der Waals surface area (Å²) < 4.78 is 5.17. The van der Waals surface area contributed by atoms with Crippen LogP contribution in [0.15, 0.2) is 22.8 Å². The van der Waals surface area contributed by atoms with Crippen molar-refractivity contribution in [2.24, 2.45) is 0 Å². The number of amides is 1. The van der Waals surface area contributed by atoms with Gasteiger partial charge in [-0.05, 0) is 37.9 Å². The minimum atomic E-state index is -0.775. The summed E-state index contributed by atoms with van der Waals surface area (Å²) in [5.41, 5.74) is 0. The molecule has 1 aliphatic heterocycles. The van der Waals surface area contributed by atoms with E-state index in [1.807, 2.05) is 6.07 Å². The van der Waals surface area contributed by atoms with Gasteiger partial charge in [0.1, 0.15) is 5.76 Å². The van der Waals surface area contributed by atoms with Crippen molar-refractivity contribution in [1.29, 1.82) is 0 Å². The number of aliphatic carboxylic acids is 1. The normalized spacial score (nSPS) is 19.3. The van der Waals surface area contributed by atoms with Gasteiger partial charge < -0.3 is 14.8 Å². The third-order valence-corrected chi connectivity index (χ3v) is 3.83. The summed E-state index contributed by atoms with van der Waals surface area (Å²) in [7, 11) is 0. The molecule has 2 heterocycles. The Hall–Kier alpha value is -1.82. The lowest BCUT2D eigenvalue weighted by Crippen LogP contribution is -2.45. The van der Waals surface area contributed by atoms with E-state index in [9.17, 15) is 9.59 Å². The Morgan fingerprint density at radius 1 is 1.43 bits per heavy atom. The van der Waals surface area contributed by atoms with Gasteiger partial charge in [-0.1, -0.05) is 6.42 Å². The number of carboxylic acid groups (broad SMARTS) is 1. The largest absolute Gasteiger partial charge is 0.481 e. The fourth-order valence-corrected chi connectivity index (χ4v) is 2.72. The molecule has 1 fully saturated rings. The van der Waals surface area contributed by atoms with Gasteiger partial charge in [-0.3, -0.25) is 14.5 Å². The molecule has 0 aliphatic carbocycles. The van der Waals surface area contributed by atoms with Crippen LogP contribution in [0.5, 0.6) is 0 Å². The van der Waals surface area contributed by atoms with E-state index in [0.29, 0.717) is 19.5 Å². The Morgan fingerprint density at radius 3 is 3.00 bits per heavy atom. The van der Waals surface area contributed by atoms with Crippen LogP contribution >= 0.6 is 0 Å².